The van der Waals surface area contributed by atoms with E-state index >= 15 is 0 Å². The number of alkyl carbamates (subject to hydrolysis) is 1. The van der Waals surface area contributed by atoms with Crippen LogP contribution < -0.4 is 10.6 Å². The van der Waals surface area contributed by atoms with Gasteiger partial charge in [0.2, 0.25) is 5.91 Å². The van der Waals surface area contributed by atoms with Crippen LogP contribution in [0.3, 0.4) is 0 Å². The number of methoxy groups -OCH3 is 1. The van der Waals surface area contributed by atoms with Gasteiger partial charge in [0.15, 0.2) is 0 Å². The SMILES string of the molecule is COC(=O)NCc1ccc(NC(=O)Cc2ccc(Cl)cc2)cc1. The molecule has 0 aromatic heterocycles. The minimum absolute atomic E-state index is 0.104. The quantitative estimate of drug-likeness (QED) is 0.882. The predicted molar refractivity (Wildman–Crippen MR) is 89.5 cm³/mol. The molecule has 6 heteroatoms. The van der Waals surface area contributed by atoms with Crippen LogP contribution >= 0.6 is 11.6 Å². The molecule has 0 fully saturated rings. The highest BCUT2D eigenvalue weighted by Crippen LogP contribution is 2.12. The van der Waals surface area contributed by atoms with Gasteiger partial charge < -0.3 is 15.4 Å². The number of halogens is 1. The molecular formula is C17H17ClN2O3. The molecule has 2 N–H and O–H groups in total. The summed E-state index contributed by atoms with van der Waals surface area (Å²) < 4.78 is 4.50. The lowest BCUT2D eigenvalue weighted by Crippen LogP contribution is -2.22. The number of amides is 2. The first-order valence-corrected chi connectivity index (χ1v) is 7.39. The second-order valence-corrected chi connectivity index (χ2v) is 5.33. The van der Waals surface area contributed by atoms with Crippen LogP contribution in [-0.4, -0.2) is 19.1 Å². The third-order valence-corrected chi connectivity index (χ3v) is 3.39. The number of rotatable bonds is 5. The van der Waals surface area contributed by atoms with Crippen molar-refractivity contribution in [1.82, 2.24) is 5.32 Å². The van der Waals surface area contributed by atoms with E-state index in [2.05, 4.69) is 15.4 Å². The molecule has 120 valence electrons. The first-order valence-electron chi connectivity index (χ1n) is 7.02. The molecule has 0 aliphatic carbocycles. The van der Waals surface area contributed by atoms with Crippen LogP contribution in [0.2, 0.25) is 5.02 Å². The number of nitrogens with one attached hydrogen (secondary N) is 2. The Morgan fingerprint density at radius 1 is 1.00 bits per heavy atom. The molecule has 2 aromatic carbocycles. The van der Waals surface area contributed by atoms with E-state index in [0.29, 0.717) is 17.3 Å². The van der Waals surface area contributed by atoms with E-state index < -0.39 is 6.09 Å². The molecule has 2 rings (SSSR count). The number of benzene rings is 2. The van der Waals surface area contributed by atoms with Gasteiger partial charge in [-0.2, -0.15) is 0 Å². The largest absolute Gasteiger partial charge is 0.453 e. The van der Waals surface area contributed by atoms with Crippen molar-refractivity contribution in [2.75, 3.05) is 12.4 Å². The fourth-order valence-corrected chi connectivity index (χ4v) is 2.07. The van der Waals surface area contributed by atoms with E-state index in [1.54, 1.807) is 24.3 Å². The van der Waals surface area contributed by atoms with Gasteiger partial charge >= 0.3 is 6.09 Å². The molecule has 0 heterocycles. The number of carbonyl (C=O) groups excluding carboxylic acids is 2. The molecule has 0 saturated carbocycles. The third-order valence-electron chi connectivity index (χ3n) is 3.14. The van der Waals surface area contributed by atoms with Crippen molar-refractivity contribution in [3.63, 3.8) is 0 Å². The van der Waals surface area contributed by atoms with Gasteiger partial charge in [0.25, 0.3) is 0 Å². The Labute approximate surface area is 139 Å². The Bertz CT molecular complexity index is 669. The number of hydrogen-bond donors (Lipinski definition) is 2. The van der Waals surface area contributed by atoms with Crippen LogP contribution in [0.25, 0.3) is 0 Å². The first-order chi connectivity index (χ1) is 11.1. The summed E-state index contributed by atoms with van der Waals surface area (Å²) in [6.45, 7) is 0.367. The summed E-state index contributed by atoms with van der Waals surface area (Å²) in [7, 11) is 1.31. The van der Waals surface area contributed by atoms with Gasteiger partial charge in [-0.05, 0) is 35.4 Å². The summed E-state index contributed by atoms with van der Waals surface area (Å²) in [5.74, 6) is -0.104. The first kappa shape index (κ1) is 16.8. The van der Waals surface area contributed by atoms with E-state index in [-0.39, 0.29) is 12.3 Å². The van der Waals surface area contributed by atoms with Crippen LogP contribution in [0.5, 0.6) is 0 Å². The van der Waals surface area contributed by atoms with Gasteiger partial charge in [0.1, 0.15) is 0 Å². The lowest BCUT2D eigenvalue weighted by molar-refractivity contribution is -0.115. The van der Waals surface area contributed by atoms with E-state index in [1.807, 2.05) is 24.3 Å². The molecule has 0 unspecified atom stereocenters. The zero-order chi connectivity index (χ0) is 16.7. The van der Waals surface area contributed by atoms with Crippen LogP contribution in [0, 0.1) is 0 Å². The van der Waals surface area contributed by atoms with Crippen molar-refractivity contribution in [2.45, 2.75) is 13.0 Å². The maximum atomic E-state index is 12.0. The molecule has 0 aliphatic heterocycles. The average Bonchev–Trinajstić information content (AvgIpc) is 2.56. The second kappa shape index (κ2) is 8.19. The van der Waals surface area contributed by atoms with Gasteiger partial charge in [0.05, 0.1) is 13.5 Å². The van der Waals surface area contributed by atoms with Crippen molar-refractivity contribution in [3.8, 4) is 0 Å². The van der Waals surface area contributed by atoms with Gasteiger partial charge in [-0.25, -0.2) is 4.79 Å². The minimum Gasteiger partial charge on any atom is -0.453 e. The number of hydrogen-bond acceptors (Lipinski definition) is 3. The van der Waals surface area contributed by atoms with Gasteiger partial charge in [-0.3, -0.25) is 4.79 Å². The van der Waals surface area contributed by atoms with E-state index in [0.717, 1.165) is 11.1 Å². The van der Waals surface area contributed by atoms with Crippen LogP contribution in [0.15, 0.2) is 48.5 Å². The Balaban J connectivity index is 1.86. The Kier molecular flexibility index (Phi) is 6.00. The van der Waals surface area contributed by atoms with Crippen molar-refractivity contribution in [3.05, 3.63) is 64.7 Å². The van der Waals surface area contributed by atoms with E-state index in [1.165, 1.54) is 7.11 Å². The van der Waals surface area contributed by atoms with Gasteiger partial charge in [0, 0.05) is 17.3 Å². The average molecular weight is 333 g/mol. The summed E-state index contributed by atoms with van der Waals surface area (Å²) in [6, 6.07) is 14.4. The van der Waals surface area contributed by atoms with Crippen LogP contribution in [0.4, 0.5) is 10.5 Å². The van der Waals surface area contributed by atoms with Crippen LogP contribution in [-0.2, 0) is 22.5 Å². The number of ether oxygens (including phenoxy) is 1. The Morgan fingerprint density at radius 3 is 2.22 bits per heavy atom. The lowest BCUT2D eigenvalue weighted by atomic mass is 10.1. The molecule has 0 saturated heterocycles. The summed E-state index contributed by atoms with van der Waals surface area (Å²) in [4.78, 5) is 23.0. The molecule has 0 atom stereocenters. The predicted octanol–water partition coefficient (Wildman–Crippen LogP) is 3.38. The number of carbonyl (C=O) groups is 2. The standard InChI is InChI=1S/C17H17ClN2O3/c1-23-17(22)19-11-13-4-8-15(9-5-13)20-16(21)10-12-2-6-14(18)7-3-12/h2-9H,10-11H2,1H3,(H,19,22)(H,20,21). The van der Waals surface area contributed by atoms with E-state index in [4.69, 9.17) is 11.6 Å². The monoisotopic (exact) mass is 332 g/mol. The summed E-state index contributed by atoms with van der Waals surface area (Å²) >= 11 is 5.81. The van der Waals surface area contributed by atoms with Gasteiger partial charge in [-0.1, -0.05) is 35.9 Å². The van der Waals surface area contributed by atoms with Crippen LogP contribution in [0.1, 0.15) is 11.1 Å². The minimum atomic E-state index is -0.481. The maximum absolute atomic E-state index is 12.0. The summed E-state index contributed by atoms with van der Waals surface area (Å²) in [5.41, 5.74) is 2.50. The Hall–Kier alpha value is -2.53. The zero-order valence-electron chi connectivity index (χ0n) is 12.6. The van der Waals surface area contributed by atoms with Gasteiger partial charge in [-0.15, -0.1) is 0 Å². The highest BCUT2D eigenvalue weighted by molar-refractivity contribution is 6.30. The highest BCUT2D eigenvalue weighted by Gasteiger charge is 2.05. The highest BCUT2D eigenvalue weighted by atomic mass is 35.5. The molecule has 0 radical (unpaired) electrons. The second-order valence-electron chi connectivity index (χ2n) is 4.89. The fraction of sp³-hybridized carbons (Fsp3) is 0.176. The zero-order valence-corrected chi connectivity index (χ0v) is 13.4. The molecule has 5 nitrogen and oxygen atoms in total. The summed E-state index contributed by atoms with van der Waals surface area (Å²) in [5, 5.41) is 6.05. The molecule has 2 amide bonds. The molecule has 23 heavy (non-hydrogen) atoms. The van der Waals surface area contributed by atoms with E-state index in [9.17, 15) is 9.59 Å². The molecule has 0 aliphatic rings. The maximum Gasteiger partial charge on any atom is 0.407 e. The molecule has 0 spiro atoms. The van der Waals surface area contributed by atoms with Crippen molar-refractivity contribution >= 4 is 29.3 Å². The topological polar surface area (TPSA) is 67.4 Å². The normalized spacial score (nSPS) is 10.0. The third kappa shape index (κ3) is 5.64. The Morgan fingerprint density at radius 2 is 1.61 bits per heavy atom. The number of anilines is 1. The summed E-state index contributed by atoms with van der Waals surface area (Å²) in [6.07, 6.45) is -0.201. The molecule has 0 bridgehead atoms. The van der Waals surface area contributed by atoms with Crippen molar-refractivity contribution in [2.24, 2.45) is 0 Å². The smallest absolute Gasteiger partial charge is 0.407 e. The van der Waals surface area contributed by atoms with Crippen molar-refractivity contribution in [1.29, 1.82) is 0 Å². The lowest BCUT2D eigenvalue weighted by Gasteiger charge is -2.07. The fourth-order valence-electron chi connectivity index (χ4n) is 1.95. The van der Waals surface area contributed by atoms with Crippen molar-refractivity contribution < 1.29 is 14.3 Å². The molecular weight excluding hydrogens is 316 g/mol. The molecule has 2 aromatic rings.